The van der Waals surface area contributed by atoms with Gasteiger partial charge in [-0.05, 0) is 35.3 Å². The van der Waals surface area contributed by atoms with Crippen molar-refractivity contribution in [3.8, 4) is 0 Å². The molecule has 138 valence electrons. The highest BCUT2D eigenvalue weighted by Crippen LogP contribution is 2.70. The van der Waals surface area contributed by atoms with Crippen molar-refractivity contribution in [1.82, 2.24) is 0 Å². The van der Waals surface area contributed by atoms with Gasteiger partial charge in [-0.1, -0.05) is 31.5 Å². The van der Waals surface area contributed by atoms with Gasteiger partial charge >= 0.3 is 11.9 Å². The lowest BCUT2D eigenvalue weighted by atomic mass is 9.56. The van der Waals surface area contributed by atoms with Gasteiger partial charge in [0.2, 0.25) is 0 Å². The predicted molar refractivity (Wildman–Crippen MR) is 95.7 cm³/mol. The number of methoxy groups -OCH3 is 2. The fraction of sp³-hybridized carbons (Fsp3) is 0.500. The average molecular weight is 377 g/mol. The molecular formula is C20H21ClO5. The second-order valence-electron chi connectivity index (χ2n) is 7.75. The second-order valence-corrected chi connectivity index (χ2v) is 8.19. The molecule has 3 aliphatic rings. The smallest absolute Gasteiger partial charge is 0.334 e. The zero-order chi connectivity index (χ0) is 18.9. The van der Waals surface area contributed by atoms with Crippen LogP contribution in [0.1, 0.15) is 37.3 Å². The fourth-order valence-corrected chi connectivity index (χ4v) is 5.30. The first kappa shape index (κ1) is 17.6. The lowest BCUT2D eigenvalue weighted by molar-refractivity contribution is -0.147. The molecule has 1 heterocycles. The highest BCUT2D eigenvalue weighted by atomic mass is 35.5. The van der Waals surface area contributed by atoms with Gasteiger partial charge in [-0.25, -0.2) is 4.79 Å². The van der Waals surface area contributed by atoms with Crippen LogP contribution in [0.15, 0.2) is 23.8 Å². The van der Waals surface area contributed by atoms with Crippen molar-refractivity contribution in [3.63, 3.8) is 0 Å². The van der Waals surface area contributed by atoms with Gasteiger partial charge in [0.05, 0.1) is 26.9 Å². The summed E-state index contributed by atoms with van der Waals surface area (Å²) in [4.78, 5) is 25.2. The third kappa shape index (κ3) is 1.96. The molecule has 0 aromatic heterocycles. The van der Waals surface area contributed by atoms with E-state index >= 15 is 0 Å². The molecule has 1 saturated heterocycles. The monoisotopic (exact) mass is 376 g/mol. The van der Waals surface area contributed by atoms with Crippen molar-refractivity contribution in [2.75, 3.05) is 20.8 Å². The molecule has 4 atom stereocenters. The molecule has 6 heteroatoms. The van der Waals surface area contributed by atoms with Crippen molar-refractivity contribution in [2.45, 2.75) is 32.3 Å². The van der Waals surface area contributed by atoms with Crippen LogP contribution in [0.25, 0.3) is 5.57 Å². The lowest BCUT2D eigenvalue weighted by Crippen LogP contribution is -2.46. The van der Waals surface area contributed by atoms with E-state index in [-0.39, 0.29) is 17.4 Å². The summed E-state index contributed by atoms with van der Waals surface area (Å²) in [5.74, 6) is -1.23. The van der Waals surface area contributed by atoms with Crippen molar-refractivity contribution in [2.24, 2.45) is 10.8 Å². The third-order valence-corrected chi connectivity index (χ3v) is 6.84. The summed E-state index contributed by atoms with van der Waals surface area (Å²) in [6, 6.07) is 5.41. The first-order valence-corrected chi connectivity index (χ1v) is 8.97. The normalized spacial score (nSPS) is 34.3. The molecule has 4 rings (SSSR count). The third-order valence-electron chi connectivity index (χ3n) is 6.60. The fourth-order valence-electron chi connectivity index (χ4n) is 5.13. The molecule has 2 unspecified atom stereocenters. The Bertz CT molecular complexity index is 860. The number of hydrogen-bond acceptors (Lipinski definition) is 5. The van der Waals surface area contributed by atoms with Crippen molar-refractivity contribution < 1.29 is 23.8 Å². The molecule has 0 amide bonds. The Kier molecular flexibility index (Phi) is 3.76. The van der Waals surface area contributed by atoms with Crippen LogP contribution in [-0.2, 0) is 23.8 Å². The molecular weight excluding hydrogens is 356 g/mol. The number of fused-ring (bicyclic) bond motifs is 2. The maximum atomic E-state index is 12.7. The highest BCUT2D eigenvalue weighted by Gasteiger charge is 2.68. The molecule has 2 aliphatic carbocycles. The number of benzene rings is 1. The molecule has 0 radical (unpaired) electrons. The van der Waals surface area contributed by atoms with Gasteiger partial charge in [0.15, 0.2) is 0 Å². The topological polar surface area (TPSA) is 61.8 Å². The summed E-state index contributed by atoms with van der Waals surface area (Å²) < 4.78 is 16.3. The van der Waals surface area contributed by atoms with E-state index < -0.39 is 17.4 Å². The van der Waals surface area contributed by atoms with Crippen molar-refractivity contribution >= 4 is 29.1 Å². The zero-order valence-corrected chi connectivity index (χ0v) is 16.0. The number of carbonyl (C=O) groups is 2. The van der Waals surface area contributed by atoms with Crippen LogP contribution < -0.4 is 0 Å². The molecule has 1 aromatic rings. The summed E-state index contributed by atoms with van der Waals surface area (Å²) in [5.41, 5.74) is 2.34. The largest absolute Gasteiger partial charge is 0.468 e. The van der Waals surface area contributed by atoms with Crippen LogP contribution in [0.3, 0.4) is 0 Å². The lowest BCUT2D eigenvalue weighted by Gasteiger charge is -2.45. The van der Waals surface area contributed by atoms with Crippen molar-refractivity contribution in [1.29, 1.82) is 0 Å². The summed E-state index contributed by atoms with van der Waals surface area (Å²) in [6.45, 7) is 4.65. The Labute approximate surface area is 157 Å². The maximum absolute atomic E-state index is 12.7. The van der Waals surface area contributed by atoms with E-state index in [9.17, 15) is 9.59 Å². The van der Waals surface area contributed by atoms with E-state index in [0.717, 1.165) is 16.7 Å². The molecule has 1 fully saturated rings. The van der Waals surface area contributed by atoms with Gasteiger partial charge in [0.25, 0.3) is 0 Å². The minimum absolute atomic E-state index is 0.303. The number of halogens is 1. The zero-order valence-electron chi connectivity index (χ0n) is 15.2. The van der Waals surface area contributed by atoms with E-state index in [1.807, 2.05) is 12.1 Å². The second kappa shape index (κ2) is 5.57. The Morgan fingerprint density at radius 2 is 1.96 bits per heavy atom. The molecule has 26 heavy (non-hydrogen) atoms. The summed E-state index contributed by atoms with van der Waals surface area (Å²) in [5, 5.41) is 0.554. The Hall–Kier alpha value is -1.85. The molecule has 0 bridgehead atoms. The number of esters is 2. The number of rotatable bonds is 2. The quantitative estimate of drug-likeness (QED) is 0.741. The van der Waals surface area contributed by atoms with E-state index in [1.54, 1.807) is 6.07 Å². The average Bonchev–Trinajstić information content (AvgIpc) is 3.02. The highest BCUT2D eigenvalue weighted by molar-refractivity contribution is 6.30. The van der Waals surface area contributed by atoms with Crippen LogP contribution in [0.5, 0.6) is 0 Å². The molecule has 0 spiro atoms. The van der Waals surface area contributed by atoms with Gasteiger partial charge in [-0.2, -0.15) is 0 Å². The Balaban J connectivity index is 2.07. The predicted octanol–water partition coefficient (Wildman–Crippen LogP) is 3.35. The standard InChI is InChI=1S/C20H21ClO5/c1-19-8-13(17(22)24-3)15-12-7-10(21)5-6-11(12)14(18(23)25-4)16(26-9-19)20(15,19)2/h5-7,14,16H,8-9H2,1-4H3/t14?,16?,19-,20+/m1/s1. The molecule has 5 nitrogen and oxygen atoms in total. The van der Waals surface area contributed by atoms with Crippen LogP contribution >= 0.6 is 11.6 Å². The number of hydrogen-bond donors (Lipinski definition) is 0. The van der Waals surface area contributed by atoms with Crippen LogP contribution in [0, 0.1) is 10.8 Å². The minimum atomic E-state index is -0.556. The van der Waals surface area contributed by atoms with Gasteiger partial charge in [-0.15, -0.1) is 0 Å². The van der Waals surface area contributed by atoms with Gasteiger partial charge < -0.3 is 14.2 Å². The first-order chi connectivity index (χ1) is 12.3. The summed E-state index contributed by atoms with van der Waals surface area (Å²) in [7, 11) is 2.77. The molecule has 1 aliphatic heterocycles. The maximum Gasteiger partial charge on any atom is 0.334 e. The van der Waals surface area contributed by atoms with Crippen molar-refractivity contribution in [3.05, 3.63) is 39.9 Å². The first-order valence-electron chi connectivity index (χ1n) is 8.59. The van der Waals surface area contributed by atoms with E-state index in [4.69, 9.17) is 25.8 Å². The van der Waals surface area contributed by atoms with Gasteiger partial charge in [0, 0.05) is 21.4 Å². The van der Waals surface area contributed by atoms with Crippen LogP contribution in [-0.4, -0.2) is 38.9 Å². The molecule has 0 N–H and O–H groups in total. The molecule has 0 saturated carbocycles. The molecule has 1 aromatic carbocycles. The van der Waals surface area contributed by atoms with Gasteiger partial charge in [0.1, 0.15) is 5.92 Å². The number of ether oxygens (including phenoxy) is 3. The van der Waals surface area contributed by atoms with E-state index in [1.165, 1.54) is 14.2 Å². The Morgan fingerprint density at radius 3 is 2.62 bits per heavy atom. The van der Waals surface area contributed by atoms with Crippen LogP contribution in [0.4, 0.5) is 0 Å². The van der Waals surface area contributed by atoms with Gasteiger partial charge in [-0.3, -0.25) is 4.79 Å². The number of carbonyl (C=O) groups excluding carboxylic acids is 2. The summed E-state index contributed by atoms with van der Waals surface area (Å²) in [6.07, 6.45) is 0.146. The van der Waals surface area contributed by atoms with E-state index in [0.29, 0.717) is 23.6 Å². The SMILES string of the molecule is COC(=O)C1=C2c3cc(Cl)ccc3C(C(=O)OC)C3OC[C@@](C)(C1)[C@@]23C. The van der Waals surface area contributed by atoms with Crippen LogP contribution in [0.2, 0.25) is 5.02 Å². The Morgan fingerprint density at radius 1 is 1.23 bits per heavy atom. The summed E-state index contributed by atoms with van der Waals surface area (Å²) >= 11 is 6.27. The minimum Gasteiger partial charge on any atom is -0.468 e. The van der Waals surface area contributed by atoms with E-state index in [2.05, 4.69) is 13.8 Å².